The van der Waals surface area contributed by atoms with E-state index in [0.29, 0.717) is 21.7 Å². The van der Waals surface area contributed by atoms with E-state index in [1.807, 2.05) is 0 Å². The zero-order chi connectivity index (χ0) is 20.0. The molecule has 2 aromatic carbocycles. The maximum atomic E-state index is 12.9. The SMILES string of the molecule is COc1cc(C(=O)NNC(=O)C(C)Oc2ccc(F)cc2)cc(OC)c1Br. The van der Waals surface area contributed by atoms with Gasteiger partial charge in [-0.25, -0.2) is 4.39 Å². The molecule has 0 fully saturated rings. The Morgan fingerprint density at radius 3 is 2.11 bits per heavy atom. The highest BCUT2D eigenvalue weighted by Gasteiger charge is 2.18. The number of hydrazine groups is 1. The van der Waals surface area contributed by atoms with Crippen molar-refractivity contribution in [2.24, 2.45) is 0 Å². The number of amides is 2. The van der Waals surface area contributed by atoms with Gasteiger partial charge in [-0.3, -0.25) is 20.4 Å². The third kappa shape index (κ3) is 5.33. The Labute approximate surface area is 163 Å². The summed E-state index contributed by atoms with van der Waals surface area (Å²) in [6, 6.07) is 8.22. The number of carbonyl (C=O) groups is 2. The quantitative estimate of drug-likeness (QED) is 0.674. The van der Waals surface area contributed by atoms with Crippen molar-refractivity contribution < 1.29 is 28.2 Å². The summed E-state index contributed by atoms with van der Waals surface area (Å²) in [5.74, 6) is -0.428. The van der Waals surface area contributed by atoms with Crippen LogP contribution in [-0.4, -0.2) is 32.1 Å². The topological polar surface area (TPSA) is 85.9 Å². The monoisotopic (exact) mass is 440 g/mol. The van der Waals surface area contributed by atoms with E-state index in [0.717, 1.165) is 0 Å². The lowest BCUT2D eigenvalue weighted by molar-refractivity contribution is -0.128. The van der Waals surface area contributed by atoms with Crippen molar-refractivity contribution in [2.45, 2.75) is 13.0 Å². The fraction of sp³-hybridized carbons (Fsp3) is 0.222. The molecule has 27 heavy (non-hydrogen) atoms. The van der Waals surface area contributed by atoms with Gasteiger partial charge in [0.15, 0.2) is 6.10 Å². The second kappa shape index (κ2) is 9.22. The minimum atomic E-state index is -0.912. The molecule has 0 aromatic heterocycles. The van der Waals surface area contributed by atoms with Crippen molar-refractivity contribution in [1.82, 2.24) is 10.9 Å². The standard InChI is InChI=1S/C18H18BrFN2O5/c1-10(27-13-6-4-12(20)5-7-13)17(23)21-22-18(24)11-8-14(25-2)16(19)15(9-11)26-3/h4-10H,1-3H3,(H,21,23)(H,22,24). The molecular weight excluding hydrogens is 423 g/mol. The van der Waals surface area contributed by atoms with Gasteiger partial charge in [0.2, 0.25) is 0 Å². The van der Waals surface area contributed by atoms with Crippen LogP contribution in [0.3, 0.4) is 0 Å². The number of nitrogens with one attached hydrogen (secondary N) is 2. The van der Waals surface area contributed by atoms with Crippen LogP contribution in [0.15, 0.2) is 40.9 Å². The Bertz CT molecular complexity index is 804. The van der Waals surface area contributed by atoms with Gasteiger partial charge in [-0.1, -0.05) is 0 Å². The summed E-state index contributed by atoms with van der Waals surface area (Å²) in [5, 5.41) is 0. The second-order valence-electron chi connectivity index (χ2n) is 5.35. The lowest BCUT2D eigenvalue weighted by atomic mass is 10.2. The van der Waals surface area contributed by atoms with E-state index < -0.39 is 23.7 Å². The lowest BCUT2D eigenvalue weighted by Gasteiger charge is -2.16. The van der Waals surface area contributed by atoms with Gasteiger partial charge in [-0.05, 0) is 59.3 Å². The van der Waals surface area contributed by atoms with E-state index in [4.69, 9.17) is 14.2 Å². The zero-order valence-corrected chi connectivity index (χ0v) is 16.4. The molecule has 2 N–H and O–H groups in total. The molecule has 0 saturated heterocycles. The second-order valence-corrected chi connectivity index (χ2v) is 6.15. The summed E-state index contributed by atoms with van der Waals surface area (Å²) in [7, 11) is 2.91. The third-order valence-electron chi connectivity index (χ3n) is 3.50. The van der Waals surface area contributed by atoms with Crippen LogP contribution in [0.25, 0.3) is 0 Å². The maximum Gasteiger partial charge on any atom is 0.279 e. The minimum Gasteiger partial charge on any atom is -0.495 e. The van der Waals surface area contributed by atoms with Crippen molar-refractivity contribution in [1.29, 1.82) is 0 Å². The fourth-order valence-corrected chi connectivity index (χ4v) is 2.62. The molecule has 0 bridgehead atoms. The van der Waals surface area contributed by atoms with Crippen LogP contribution in [0, 0.1) is 5.82 Å². The van der Waals surface area contributed by atoms with E-state index in [1.165, 1.54) is 57.5 Å². The van der Waals surface area contributed by atoms with Crippen molar-refractivity contribution in [3.63, 3.8) is 0 Å². The van der Waals surface area contributed by atoms with Gasteiger partial charge in [0.25, 0.3) is 11.8 Å². The Morgan fingerprint density at radius 1 is 1.04 bits per heavy atom. The van der Waals surface area contributed by atoms with Crippen molar-refractivity contribution in [3.8, 4) is 17.2 Å². The third-order valence-corrected chi connectivity index (χ3v) is 4.28. The van der Waals surface area contributed by atoms with Gasteiger partial charge < -0.3 is 14.2 Å². The summed E-state index contributed by atoms with van der Waals surface area (Å²) in [6.07, 6.45) is -0.912. The Hall–Kier alpha value is -2.81. The molecule has 7 nitrogen and oxygen atoms in total. The number of ether oxygens (including phenoxy) is 3. The average Bonchev–Trinajstić information content (AvgIpc) is 2.67. The first kappa shape index (κ1) is 20.5. The maximum absolute atomic E-state index is 12.9. The van der Waals surface area contributed by atoms with Crippen molar-refractivity contribution in [2.75, 3.05) is 14.2 Å². The average molecular weight is 441 g/mol. The molecule has 0 heterocycles. The zero-order valence-electron chi connectivity index (χ0n) is 14.8. The number of benzene rings is 2. The first-order chi connectivity index (χ1) is 12.8. The molecule has 2 aromatic rings. The van der Waals surface area contributed by atoms with Crippen LogP contribution in [0.2, 0.25) is 0 Å². The molecular formula is C18H18BrFN2O5. The van der Waals surface area contributed by atoms with Crippen LogP contribution in [0.1, 0.15) is 17.3 Å². The Balaban J connectivity index is 1.98. The van der Waals surface area contributed by atoms with Crippen LogP contribution >= 0.6 is 15.9 Å². The number of methoxy groups -OCH3 is 2. The summed E-state index contributed by atoms with van der Waals surface area (Å²) >= 11 is 3.31. The van der Waals surface area contributed by atoms with E-state index >= 15 is 0 Å². The van der Waals surface area contributed by atoms with E-state index in [1.54, 1.807) is 0 Å². The highest BCUT2D eigenvalue weighted by atomic mass is 79.9. The smallest absolute Gasteiger partial charge is 0.279 e. The molecule has 0 aliphatic heterocycles. The van der Waals surface area contributed by atoms with E-state index in [2.05, 4.69) is 26.8 Å². The highest BCUT2D eigenvalue weighted by Crippen LogP contribution is 2.35. The first-order valence-corrected chi connectivity index (χ1v) is 8.59. The number of halogens is 2. The number of carbonyl (C=O) groups excluding carboxylic acids is 2. The molecule has 0 aliphatic rings. The van der Waals surface area contributed by atoms with E-state index in [-0.39, 0.29) is 5.56 Å². The molecule has 0 aliphatic carbocycles. The van der Waals surface area contributed by atoms with Crippen molar-refractivity contribution >= 4 is 27.7 Å². The van der Waals surface area contributed by atoms with Crippen LogP contribution < -0.4 is 25.1 Å². The molecule has 0 radical (unpaired) electrons. The largest absolute Gasteiger partial charge is 0.495 e. The molecule has 1 atom stereocenters. The number of hydrogen-bond acceptors (Lipinski definition) is 5. The lowest BCUT2D eigenvalue weighted by Crippen LogP contribution is -2.47. The summed E-state index contributed by atoms with van der Waals surface area (Å²) in [6.45, 7) is 1.50. The van der Waals surface area contributed by atoms with Gasteiger partial charge in [0.1, 0.15) is 27.5 Å². The first-order valence-electron chi connectivity index (χ1n) is 7.79. The van der Waals surface area contributed by atoms with Crippen LogP contribution in [0.5, 0.6) is 17.2 Å². The summed E-state index contributed by atoms with van der Waals surface area (Å²) in [5.41, 5.74) is 4.78. The van der Waals surface area contributed by atoms with Crippen LogP contribution in [0.4, 0.5) is 4.39 Å². The highest BCUT2D eigenvalue weighted by molar-refractivity contribution is 9.10. The molecule has 2 rings (SSSR count). The molecule has 2 amide bonds. The number of rotatable bonds is 6. The predicted octanol–water partition coefficient (Wildman–Crippen LogP) is 2.83. The molecule has 0 spiro atoms. The molecule has 144 valence electrons. The van der Waals surface area contributed by atoms with Crippen molar-refractivity contribution in [3.05, 3.63) is 52.3 Å². The van der Waals surface area contributed by atoms with Gasteiger partial charge in [0, 0.05) is 5.56 Å². The van der Waals surface area contributed by atoms with Gasteiger partial charge in [-0.2, -0.15) is 0 Å². The Morgan fingerprint density at radius 2 is 1.59 bits per heavy atom. The normalized spacial score (nSPS) is 11.3. The Kier molecular flexibility index (Phi) is 7.00. The summed E-state index contributed by atoms with van der Waals surface area (Å²) < 4.78 is 29.2. The predicted molar refractivity (Wildman–Crippen MR) is 99.3 cm³/mol. The molecule has 1 unspecified atom stereocenters. The fourth-order valence-electron chi connectivity index (χ4n) is 2.06. The van der Waals surface area contributed by atoms with Gasteiger partial charge >= 0.3 is 0 Å². The molecule has 0 saturated carbocycles. The number of hydrogen-bond donors (Lipinski definition) is 2. The minimum absolute atomic E-state index is 0.222. The van der Waals surface area contributed by atoms with E-state index in [9.17, 15) is 14.0 Å². The van der Waals surface area contributed by atoms with Crippen LogP contribution in [-0.2, 0) is 4.79 Å². The van der Waals surface area contributed by atoms with Gasteiger partial charge in [-0.15, -0.1) is 0 Å². The molecule has 9 heteroatoms. The summed E-state index contributed by atoms with van der Waals surface area (Å²) in [4.78, 5) is 24.3. The van der Waals surface area contributed by atoms with Gasteiger partial charge in [0.05, 0.1) is 14.2 Å².